The quantitative estimate of drug-likeness (QED) is 0.340. The monoisotopic (exact) mass is 421 g/mol. The smallest absolute Gasteiger partial charge is 0.135 e. The van der Waals surface area contributed by atoms with E-state index in [1.54, 1.807) is 0 Å². The van der Waals surface area contributed by atoms with Crippen molar-refractivity contribution >= 4 is 5.71 Å². The van der Waals surface area contributed by atoms with Crippen molar-refractivity contribution in [3.63, 3.8) is 0 Å². The van der Waals surface area contributed by atoms with E-state index in [4.69, 9.17) is 0 Å². The van der Waals surface area contributed by atoms with E-state index in [2.05, 4.69) is 45.7 Å². The second kappa shape index (κ2) is 10.4. The molecule has 5 heteroatoms. The molecule has 31 heavy (non-hydrogen) atoms. The van der Waals surface area contributed by atoms with Crippen LogP contribution in [0.1, 0.15) is 49.7 Å². The zero-order valence-electron chi connectivity index (χ0n) is 18.3. The second-order valence-electron chi connectivity index (χ2n) is 9.08. The first-order chi connectivity index (χ1) is 15.2. The Bertz CT molecular complexity index is 828. The summed E-state index contributed by atoms with van der Waals surface area (Å²) in [6.45, 7) is 3.49. The highest BCUT2D eigenvalue weighted by Gasteiger charge is 2.44. The number of benzene rings is 2. The maximum absolute atomic E-state index is 11.8. The summed E-state index contributed by atoms with van der Waals surface area (Å²) in [5.74, 6) is 0.0929. The highest BCUT2D eigenvalue weighted by molar-refractivity contribution is 5.95. The van der Waals surface area contributed by atoms with Crippen LogP contribution < -0.4 is 5.32 Å². The van der Waals surface area contributed by atoms with Crippen LogP contribution in [-0.4, -0.2) is 46.6 Å². The lowest BCUT2D eigenvalue weighted by atomic mass is 9.76. The minimum atomic E-state index is -1.21. The van der Waals surface area contributed by atoms with Gasteiger partial charge in [0.2, 0.25) is 0 Å². The molecule has 4 rings (SSSR count). The minimum absolute atomic E-state index is 0.0929. The Kier molecular flexibility index (Phi) is 7.38. The van der Waals surface area contributed by atoms with Crippen molar-refractivity contribution in [1.82, 2.24) is 10.2 Å². The molecule has 1 saturated heterocycles. The van der Waals surface area contributed by atoms with Crippen LogP contribution in [0, 0.1) is 5.92 Å². The van der Waals surface area contributed by atoms with Gasteiger partial charge < -0.3 is 15.6 Å². The molecular formula is C26H35N3O2. The van der Waals surface area contributed by atoms with Crippen LogP contribution >= 0.6 is 0 Å². The molecule has 5 nitrogen and oxygen atoms in total. The molecular weight excluding hydrogens is 386 g/mol. The Morgan fingerprint density at radius 3 is 2.16 bits per heavy atom. The molecule has 1 heterocycles. The maximum Gasteiger partial charge on any atom is 0.135 e. The van der Waals surface area contributed by atoms with Gasteiger partial charge >= 0.3 is 0 Å². The SMILES string of the molecule is O/N=C(\CNC1CCN(Cc2ccccc2)CC1)C(O)(c1ccccc1)C1CCCC1. The molecule has 2 aliphatic rings. The zero-order chi connectivity index (χ0) is 21.5. The van der Waals surface area contributed by atoms with Gasteiger partial charge in [-0.15, -0.1) is 0 Å². The maximum atomic E-state index is 11.8. The summed E-state index contributed by atoms with van der Waals surface area (Å²) < 4.78 is 0. The van der Waals surface area contributed by atoms with Gasteiger partial charge in [0.15, 0.2) is 0 Å². The van der Waals surface area contributed by atoms with Crippen molar-refractivity contribution < 1.29 is 10.3 Å². The third kappa shape index (κ3) is 5.17. The Hall–Kier alpha value is -2.21. The number of rotatable bonds is 8. The number of nitrogens with zero attached hydrogens (tertiary/aromatic N) is 2. The fourth-order valence-electron chi connectivity index (χ4n) is 5.30. The van der Waals surface area contributed by atoms with Crippen LogP contribution in [0.5, 0.6) is 0 Å². The Morgan fingerprint density at radius 1 is 0.935 bits per heavy atom. The normalized spacial score (nSPS) is 21.3. The molecule has 1 aliphatic carbocycles. The fourth-order valence-corrected chi connectivity index (χ4v) is 5.30. The molecule has 0 amide bonds. The average molecular weight is 422 g/mol. The number of oxime groups is 1. The summed E-state index contributed by atoms with van der Waals surface area (Å²) in [5.41, 5.74) is 1.41. The Morgan fingerprint density at radius 2 is 1.55 bits per heavy atom. The van der Waals surface area contributed by atoms with Crippen LogP contribution in [0.3, 0.4) is 0 Å². The van der Waals surface area contributed by atoms with Crippen molar-refractivity contribution in [3.8, 4) is 0 Å². The summed E-state index contributed by atoms with van der Waals surface area (Å²) in [5, 5.41) is 28.9. The number of likely N-dealkylation sites (tertiary alicyclic amines) is 1. The van der Waals surface area contributed by atoms with E-state index < -0.39 is 5.60 Å². The molecule has 1 atom stereocenters. The zero-order valence-corrected chi connectivity index (χ0v) is 18.3. The molecule has 1 unspecified atom stereocenters. The fraction of sp³-hybridized carbons (Fsp3) is 0.500. The van der Waals surface area contributed by atoms with Crippen LogP contribution in [0.2, 0.25) is 0 Å². The molecule has 1 saturated carbocycles. The van der Waals surface area contributed by atoms with Crippen molar-refractivity contribution in [2.75, 3.05) is 19.6 Å². The molecule has 166 valence electrons. The van der Waals surface area contributed by atoms with Crippen molar-refractivity contribution in [3.05, 3.63) is 71.8 Å². The van der Waals surface area contributed by atoms with Crippen molar-refractivity contribution in [1.29, 1.82) is 0 Å². The lowest BCUT2D eigenvalue weighted by molar-refractivity contribution is 0.0420. The first-order valence-electron chi connectivity index (χ1n) is 11.7. The summed E-state index contributed by atoms with van der Waals surface area (Å²) >= 11 is 0. The molecule has 0 radical (unpaired) electrons. The molecule has 0 bridgehead atoms. The van der Waals surface area contributed by atoms with Gasteiger partial charge in [0.05, 0.1) is 0 Å². The summed E-state index contributed by atoms with van der Waals surface area (Å²) in [7, 11) is 0. The highest BCUT2D eigenvalue weighted by atomic mass is 16.4. The predicted molar refractivity (Wildman–Crippen MR) is 124 cm³/mol. The van der Waals surface area contributed by atoms with Crippen LogP contribution in [0.25, 0.3) is 0 Å². The summed E-state index contributed by atoms with van der Waals surface area (Å²) in [6, 6.07) is 20.7. The topological polar surface area (TPSA) is 68.1 Å². The van der Waals surface area contributed by atoms with Gasteiger partial charge in [-0.2, -0.15) is 0 Å². The van der Waals surface area contributed by atoms with Crippen molar-refractivity contribution in [2.24, 2.45) is 11.1 Å². The van der Waals surface area contributed by atoms with Crippen LogP contribution in [0.4, 0.5) is 0 Å². The highest BCUT2D eigenvalue weighted by Crippen LogP contribution is 2.41. The number of piperidine rings is 1. The van der Waals surface area contributed by atoms with E-state index in [9.17, 15) is 10.3 Å². The van der Waals surface area contributed by atoms with Gasteiger partial charge in [0.1, 0.15) is 11.3 Å². The average Bonchev–Trinajstić information content (AvgIpc) is 3.37. The Labute approximate surface area is 185 Å². The third-order valence-corrected chi connectivity index (χ3v) is 7.12. The van der Waals surface area contributed by atoms with E-state index in [0.29, 0.717) is 18.3 Å². The van der Waals surface area contributed by atoms with E-state index in [-0.39, 0.29) is 5.92 Å². The molecule has 2 aromatic rings. The number of hydrogen-bond donors (Lipinski definition) is 3. The minimum Gasteiger partial charge on any atom is -0.411 e. The predicted octanol–water partition coefficient (Wildman–Crippen LogP) is 4.15. The first kappa shape index (κ1) is 22.0. The lowest BCUT2D eigenvalue weighted by Gasteiger charge is -2.37. The molecule has 0 aromatic heterocycles. The van der Waals surface area contributed by atoms with E-state index in [1.165, 1.54) is 5.56 Å². The molecule has 0 spiro atoms. The van der Waals surface area contributed by atoms with Gasteiger partial charge in [-0.05, 0) is 55.8 Å². The van der Waals surface area contributed by atoms with Gasteiger partial charge in [0, 0.05) is 19.1 Å². The summed E-state index contributed by atoms with van der Waals surface area (Å²) in [4.78, 5) is 2.49. The molecule has 3 N–H and O–H groups in total. The number of aliphatic hydroxyl groups is 1. The van der Waals surface area contributed by atoms with Gasteiger partial charge in [0.25, 0.3) is 0 Å². The van der Waals surface area contributed by atoms with E-state index in [1.807, 2.05) is 30.3 Å². The van der Waals surface area contributed by atoms with Crippen LogP contribution in [0.15, 0.2) is 65.8 Å². The first-order valence-corrected chi connectivity index (χ1v) is 11.7. The van der Waals surface area contributed by atoms with Crippen LogP contribution in [-0.2, 0) is 12.1 Å². The van der Waals surface area contributed by atoms with Gasteiger partial charge in [-0.25, -0.2) is 0 Å². The molecule has 2 fully saturated rings. The van der Waals surface area contributed by atoms with E-state index >= 15 is 0 Å². The van der Waals surface area contributed by atoms with Crippen molar-refractivity contribution in [2.45, 2.75) is 56.7 Å². The number of hydrogen-bond acceptors (Lipinski definition) is 5. The molecule has 1 aliphatic heterocycles. The summed E-state index contributed by atoms with van der Waals surface area (Å²) in [6.07, 6.45) is 6.26. The van der Waals surface area contributed by atoms with Gasteiger partial charge in [-0.1, -0.05) is 78.7 Å². The lowest BCUT2D eigenvalue weighted by Crippen LogP contribution is -2.50. The largest absolute Gasteiger partial charge is 0.411 e. The second-order valence-corrected chi connectivity index (χ2v) is 9.08. The third-order valence-electron chi connectivity index (χ3n) is 7.12. The standard InChI is InChI=1S/C26H35N3O2/c30-26(23-13-7-8-14-23,22-11-5-2-6-12-22)25(28-31)19-27-24-15-17-29(18-16-24)20-21-9-3-1-4-10-21/h1-6,9-12,23-24,27,30-31H,7-8,13-20H2/b28-25+. The molecule has 2 aromatic carbocycles. The van der Waals surface area contributed by atoms with E-state index in [0.717, 1.165) is 63.7 Å². The van der Waals surface area contributed by atoms with Gasteiger partial charge in [-0.3, -0.25) is 4.90 Å². The Balaban J connectivity index is 1.36. The number of nitrogens with one attached hydrogen (secondary N) is 1.